The molecule has 0 saturated carbocycles. The molecule has 0 amide bonds. The van der Waals surface area contributed by atoms with Gasteiger partial charge in [-0.15, -0.1) is 0 Å². The summed E-state index contributed by atoms with van der Waals surface area (Å²) in [7, 11) is 0. The van der Waals surface area contributed by atoms with E-state index in [4.69, 9.17) is 4.74 Å². The van der Waals surface area contributed by atoms with Gasteiger partial charge in [0, 0.05) is 12.0 Å². The Hall–Kier alpha value is -1.80. The van der Waals surface area contributed by atoms with Crippen LogP contribution >= 0.6 is 0 Å². The van der Waals surface area contributed by atoms with Crippen LogP contribution in [0.3, 0.4) is 0 Å². The fourth-order valence-corrected chi connectivity index (χ4v) is 2.84. The van der Waals surface area contributed by atoms with E-state index in [1.165, 1.54) is 16.7 Å². The maximum atomic E-state index is 10.5. The maximum absolute atomic E-state index is 10.5. The van der Waals surface area contributed by atoms with Gasteiger partial charge >= 0.3 is 0 Å². The summed E-state index contributed by atoms with van der Waals surface area (Å²) in [4.78, 5) is 0. The predicted octanol–water partition coefficient (Wildman–Crippen LogP) is 3.60. The fraction of sp³-hybridized carbons (Fsp3) is 0.333. The highest BCUT2D eigenvalue weighted by Crippen LogP contribution is 2.35. The van der Waals surface area contributed by atoms with Gasteiger partial charge in [0.05, 0.1) is 12.7 Å². The van der Waals surface area contributed by atoms with E-state index in [9.17, 15) is 5.11 Å². The van der Waals surface area contributed by atoms with E-state index < -0.39 is 6.10 Å². The molecule has 1 aliphatic heterocycles. The summed E-state index contributed by atoms with van der Waals surface area (Å²) < 4.78 is 5.67. The van der Waals surface area contributed by atoms with Crippen molar-refractivity contribution in [3.05, 3.63) is 64.7 Å². The second kappa shape index (κ2) is 5.68. The van der Waals surface area contributed by atoms with Gasteiger partial charge in [-0.2, -0.15) is 0 Å². The highest BCUT2D eigenvalue weighted by Gasteiger charge is 2.20. The van der Waals surface area contributed by atoms with E-state index >= 15 is 0 Å². The first kappa shape index (κ1) is 13.2. The second-order valence-corrected chi connectivity index (χ2v) is 5.41. The lowest BCUT2D eigenvalue weighted by Crippen LogP contribution is -2.03. The normalized spacial score (nSPS) is 14.7. The van der Waals surface area contributed by atoms with Gasteiger partial charge in [-0.05, 0) is 36.5 Å². The zero-order valence-corrected chi connectivity index (χ0v) is 11.8. The van der Waals surface area contributed by atoms with E-state index in [0.29, 0.717) is 0 Å². The number of aliphatic hydroxyl groups is 1. The number of hydrogen-bond acceptors (Lipinski definition) is 2. The van der Waals surface area contributed by atoms with Gasteiger partial charge in [0.1, 0.15) is 5.75 Å². The number of fused-ring (bicyclic) bond motifs is 1. The van der Waals surface area contributed by atoms with Crippen LogP contribution in [0.1, 0.15) is 34.8 Å². The van der Waals surface area contributed by atoms with Crippen LogP contribution in [-0.2, 0) is 12.8 Å². The zero-order valence-electron chi connectivity index (χ0n) is 11.8. The van der Waals surface area contributed by atoms with E-state index in [-0.39, 0.29) is 0 Å². The Balaban J connectivity index is 1.73. The molecule has 1 aliphatic rings. The van der Waals surface area contributed by atoms with Crippen molar-refractivity contribution in [3.63, 3.8) is 0 Å². The first-order valence-electron chi connectivity index (χ1n) is 7.23. The summed E-state index contributed by atoms with van der Waals surface area (Å²) in [5.74, 6) is 0.907. The Morgan fingerprint density at radius 2 is 2.00 bits per heavy atom. The van der Waals surface area contributed by atoms with Crippen LogP contribution in [0.15, 0.2) is 42.5 Å². The molecule has 3 rings (SSSR count). The molecule has 0 saturated heterocycles. The minimum Gasteiger partial charge on any atom is -0.493 e. The summed E-state index contributed by atoms with van der Waals surface area (Å²) in [5, 5.41) is 10.5. The lowest BCUT2D eigenvalue weighted by atomic mass is 9.97. The average Bonchev–Trinajstić information content (AvgIpc) is 2.94. The van der Waals surface area contributed by atoms with Crippen LogP contribution in [0.4, 0.5) is 0 Å². The van der Waals surface area contributed by atoms with E-state index in [1.807, 2.05) is 18.2 Å². The van der Waals surface area contributed by atoms with Crippen LogP contribution in [0.25, 0.3) is 0 Å². The molecule has 20 heavy (non-hydrogen) atoms. The third-order valence-corrected chi connectivity index (χ3v) is 4.05. The van der Waals surface area contributed by atoms with Crippen molar-refractivity contribution in [2.45, 2.75) is 32.3 Å². The van der Waals surface area contributed by atoms with Crippen molar-refractivity contribution in [1.29, 1.82) is 0 Å². The molecule has 104 valence electrons. The molecule has 1 N–H and O–H groups in total. The zero-order chi connectivity index (χ0) is 13.9. The molecular weight excluding hydrogens is 248 g/mol. The van der Waals surface area contributed by atoms with Crippen molar-refractivity contribution in [3.8, 4) is 5.75 Å². The molecule has 0 aromatic heterocycles. The SMILES string of the molecule is Cc1ccccc1CCC(O)c1cccc2c1OCC2. The molecule has 0 aliphatic carbocycles. The Labute approximate surface area is 120 Å². The Morgan fingerprint density at radius 3 is 2.85 bits per heavy atom. The van der Waals surface area contributed by atoms with Gasteiger partial charge in [-0.25, -0.2) is 0 Å². The number of aliphatic hydroxyl groups excluding tert-OH is 1. The summed E-state index contributed by atoms with van der Waals surface area (Å²) in [6.45, 7) is 2.85. The molecule has 0 fully saturated rings. The number of benzene rings is 2. The summed E-state index contributed by atoms with van der Waals surface area (Å²) in [6.07, 6.45) is 2.11. The van der Waals surface area contributed by atoms with Gasteiger partial charge in [-0.3, -0.25) is 0 Å². The molecule has 2 aromatic carbocycles. The van der Waals surface area contributed by atoms with Crippen molar-refractivity contribution >= 4 is 0 Å². The van der Waals surface area contributed by atoms with Gasteiger partial charge in [0.25, 0.3) is 0 Å². The Bertz CT molecular complexity index is 604. The topological polar surface area (TPSA) is 29.5 Å². The summed E-state index contributed by atoms with van der Waals surface area (Å²) in [6, 6.07) is 14.4. The van der Waals surface area contributed by atoms with Crippen LogP contribution < -0.4 is 4.74 Å². The first-order chi connectivity index (χ1) is 9.75. The highest BCUT2D eigenvalue weighted by atomic mass is 16.5. The van der Waals surface area contributed by atoms with Crippen molar-refractivity contribution in [2.24, 2.45) is 0 Å². The van der Waals surface area contributed by atoms with Gasteiger partial charge < -0.3 is 9.84 Å². The third kappa shape index (κ3) is 2.56. The minimum absolute atomic E-state index is 0.456. The van der Waals surface area contributed by atoms with Crippen LogP contribution in [0.5, 0.6) is 5.75 Å². The van der Waals surface area contributed by atoms with E-state index in [1.54, 1.807) is 0 Å². The Morgan fingerprint density at radius 1 is 1.15 bits per heavy atom. The fourth-order valence-electron chi connectivity index (χ4n) is 2.84. The second-order valence-electron chi connectivity index (χ2n) is 5.41. The van der Waals surface area contributed by atoms with Crippen molar-refractivity contribution < 1.29 is 9.84 Å². The number of hydrogen-bond donors (Lipinski definition) is 1. The van der Waals surface area contributed by atoms with Gasteiger partial charge in [0.2, 0.25) is 0 Å². The van der Waals surface area contributed by atoms with Crippen LogP contribution in [0, 0.1) is 6.92 Å². The van der Waals surface area contributed by atoms with Gasteiger partial charge in [0.15, 0.2) is 0 Å². The highest BCUT2D eigenvalue weighted by molar-refractivity contribution is 5.45. The minimum atomic E-state index is -0.456. The van der Waals surface area contributed by atoms with Crippen LogP contribution in [-0.4, -0.2) is 11.7 Å². The smallest absolute Gasteiger partial charge is 0.128 e. The molecule has 2 nitrogen and oxygen atoms in total. The Kier molecular flexibility index (Phi) is 3.75. The number of aryl methyl sites for hydroxylation is 2. The summed E-state index contributed by atoms with van der Waals surface area (Å²) >= 11 is 0. The molecular formula is C18H20O2. The maximum Gasteiger partial charge on any atom is 0.128 e. The molecule has 0 spiro atoms. The lowest BCUT2D eigenvalue weighted by molar-refractivity contribution is 0.163. The molecule has 2 heteroatoms. The number of para-hydroxylation sites is 1. The molecule has 1 heterocycles. The molecule has 0 bridgehead atoms. The quantitative estimate of drug-likeness (QED) is 0.918. The van der Waals surface area contributed by atoms with E-state index in [2.05, 4.69) is 31.2 Å². The third-order valence-electron chi connectivity index (χ3n) is 4.05. The number of rotatable bonds is 4. The molecule has 1 unspecified atom stereocenters. The standard InChI is InChI=1S/C18H20O2/c1-13-5-2-3-6-14(13)9-10-17(19)16-8-4-7-15-11-12-20-18(15)16/h2-8,17,19H,9-12H2,1H3. The predicted molar refractivity (Wildman–Crippen MR) is 80.1 cm³/mol. The van der Waals surface area contributed by atoms with E-state index in [0.717, 1.165) is 37.2 Å². The average molecular weight is 268 g/mol. The van der Waals surface area contributed by atoms with Crippen molar-refractivity contribution in [2.75, 3.05) is 6.61 Å². The van der Waals surface area contributed by atoms with Crippen molar-refractivity contribution in [1.82, 2.24) is 0 Å². The van der Waals surface area contributed by atoms with Gasteiger partial charge in [-0.1, -0.05) is 42.5 Å². The monoisotopic (exact) mass is 268 g/mol. The lowest BCUT2D eigenvalue weighted by Gasteiger charge is -2.15. The number of ether oxygens (including phenoxy) is 1. The van der Waals surface area contributed by atoms with Crippen LogP contribution in [0.2, 0.25) is 0 Å². The molecule has 2 aromatic rings. The summed E-state index contributed by atoms with van der Waals surface area (Å²) in [5.41, 5.74) is 4.75. The first-order valence-corrected chi connectivity index (χ1v) is 7.23. The molecule has 0 radical (unpaired) electrons. The largest absolute Gasteiger partial charge is 0.493 e. The molecule has 1 atom stereocenters.